The lowest BCUT2D eigenvalue weighted by Gasteiger charge is -2.07. The van der Waals surface area contributed by atoms with Crippen molar-refractivity contribution in [3.05, 3.63) is 101 Å². The van der Waals surface area contributed by atoms with Gasteiger partial charge in [0.05, 0.1) is 0 Å². The van der Waals surface area contributed by atoms with Crippen LogP contribution in [0.1, 0.15) is 27.8 Å². The van der Waals surface area contributed by atoms with Gasteiger partial charge in [0, 0.05) is 5.69 Å². The number of aryl methyl sites for hydroxylation is 1. The summed E-state index contributed by atoms with van der Waals surface area (Å²) in [6.45, 7) is 2.12. The van der Waals surface area contributed by atoms with E-state index in [1.54, 1.807) is 0 Å². The molecule has 1 nitrogen and oxygen atoms in total. The van der Waals surface area contributed by atoms with Crippen LogP contribution in [-0.4, -0.2) is 0 Å². The highest BCUT2D eigenvalue weighted by Crippen LogP contribution is 2.16. The largest absolute Gasteiger partial charge is 0.399 e. The summed E-state index contributed by atoms with van der Waals surface area (Å²) in [5, 5.41) is 0. The standard InChI is InChI=1S/C21H21N/c1-16-5-7-17(8-6-16)13-19-3-2-4-20(15-19)14-18-9-11-21(22)12-10-18/h2-12,15H,13-14,22H2,1H3. The van der Waals surface area contributed by atoms with Crippen LogP contribution in [-0.2, 0) is 12.8 Å². The predicted octanol–water partition coefficient (Wildman–Crippen LogP) is 4.76. The van der Waals surface area contributed by atoms with E-state index in [4.69, 9.17) is 5.73 Å². The van der Waals surface area contributed by atoms with E-state index in [0.717, 1.165) is 18.5 Å². The monoisotopic (exact) mass is 287 g/mol. The van der Waals surface area contributed by atoms with E-state index in [0.29, 0.717) is 0 Å². The van der Waals surface area contributed by atoms with Crippen molar-refractivity contribution in [3.63, 3.8) is 0 Å². The Morgan fingerprint density at radius 1 is 0.636 bits per heavy atom. The average molecular weight is 287 g/mol. The predicted molar refractivity (Wildman–Crippen MR) is 94.1 cm³/mol. The first kappa shape index (κ1) is 14.4. The lowest BCUT2D eigenvalue weighted by atomic mass is 9.99. The second-order valence-corrected chi connectivity index (χ2v) is 5.90. The van der Waals surface area contributed by atoms with Gasteiger partial charge in [-0.05, 0) is 54.2 Å². The smallest absolute Gasteiger partial charge is 0.0314 e. The summed E-state index contributed by atoms with van der Waals surface area (Å²) in [6, 6.07) is 25.7. The minimum absolute atomic E-state index is 0.817. The molecule has 0 aromatic heterocycles. The van der Waals surface area contributed by atoms with Crippen LogP contribution >= 0.6 is 0 Å². The van der Waals surface area contributed by atoms with Crippen molar-refractivity contribution in [1.82, 2.24) is 0 Å². The van der Waals surface area contributed by atoms with Crippen molar-refractivity contribution in [3.8, 4) is 0 Å². The molecule has 0 saturated heterocycles. The van der Waals surface area contributed by atoms with Gasteiger partial charge < -0.3 is 5.73 Å². The van der Waals surface area contributed by atoms with Crippen LogP contribution in [0.25, 0.3) is 0 Å². The molecule has 0 fully saturated rings. The first-order valence-electron chi connectivity index (χ1n) is 7.67. The van der Waals surface area contributed by atoms with Gasteiger partial charge in [-0.1, -0.05) is 66.2 Å². The van der Waals surface area contributed by atoms with Gasteiger partial charge in [0.15, 0.2) is 0 Å². The van der Waals surface area contributed by atoms with Crippen molar-refractivity contribution < 1.29 is 0 Å². The Morgan fingerprint density at radius 3 is 1.68 bits per heavy atom. The van der Waals surface area contributed by atoms with E-state index in [9.17, 15) is 0 Å². The summed E-state index contributed by atoms with van der Waals surface area (Å²) in [6.07, 6.45) is 1.93. The molecule has 1 heteroatoms. The Morgan fingerprint density at radius 2 is 1.14 bits per heavy atom. The maximum Gasteiger partial charge on any atom is 0.0314 e. The number of anilines is 1. The van der Waals surface area contributed by atoms with Crippen LogP contribution in [0.15, 0.2) is 72.8 Å². The highest BCUT2D eigenvalue weighted by molar-refractivity contribution is 5.41. The van der Waals surface area contributed by atoms with E-state index in [1.807, 2.05) is 12.1 Å². The SMILES string of the molecule is Cc1ccc(Cc2cccc(Cc3ccc(N)cc3)c2)cc1. The second-order valence-electron chi connectivity index (χ2n) is 5.90. The first-order valence-corrected chi connectivity index (χ1v) is 7.67. The molecule has 3 rings (SSSR count). The Labute approximate surface area is 132 Å². The van der Waals surface area contributed by atoms with E-state index in [2.05, 4.69) is 67.6 Å². The van der Waals surface area contributed by atoms with Gasteiger partial charge in [-0.2, -0.15) is 0 Å². The summed E-state index contributed by atoms with van der Waals surface area (Å²) in [4.78, 5) is 0. The molecule has 3 aromatic carbocycles. The molecule has 0 unspecified atom stereocenters. The third kappa shape index (κ3) is 3.76. The van der Waals surface area contributed by atoms with Crippen LogP contribution in [0.5, 0.6) is 0 Å². The number of nitrogen functional groups attached to an aromatic ring is 1. The Hall–Kier alpha value is -2.54. The normalized spacial score (nSPS) is 10.6. The van der Waals surface area contributed by atoms with E-state index < -0.39 is 0 Å². The lowest BCUT2D eigenvalue weighted by Crippen LogP contribution is -1.93. The van der Waals surface area contributed by atoms with Gasteiger partial charge in [0.2, 0.25) is 0 Å². The maximum absolute atomic E-state index is 5.74. The summed E-state index contributed by atoms with van der Waals surface area (Å²) in [5.74, 6) is 0. The molecular weight excluding hydrogens is 266 g/mol. The van der Waals surface area contributed by atoms with Crippen LogP contribution in [0.2, 0.25) is 0 Å². The zero-order valence-corrected chi connectivity index (χ0v) is 12.9. The molecule has 0 saturated carbocycles. The molecule has 0 radical (unpaired) electrons. The molecule has 0 aliphatic rings. The van der Waals surface area contributed by atoms with Gasteiger partial charge in [-0.3, -0.25) is 0 Å². The van der Waals surface area contributed by atoms with Gasteiger partial charge >= 0.3 is 0 Å². The molecule has 0 atom stereocenters. The van der Waals surface area contributed by atoms with Crippen LogP contribution in [0.3, 0.4) is 0 Å². The molecule has 110 valence electrons. The molecule has 2 N–H and O–H groups in total. The zero-order valence-electron chi connectivity index (χ0n) is 12.9. The van der Waals surface area contributed by atoms with Crippen LogP contribution < -0.4 is 5.73 Å². The van der Waals surface area contributed by atoms with Crippen molar-refractivity contribution in [2.45, 2.75) is 19.8 Å². The molecule has 0 aliphatic carbocycles. The number of hydrogen-bond acceptors (Lipinski definition) is 1. The fourth-order valence-electron chi connectivity index (χ4n) is 2.66. The Bertz CT molecular complexity index is 677. The highest BCUT2D eigenvalue weighted by atomic mass is 14.5. The second kappa shape index (κ2) is 6.48. The fraction of sp³-hybridized carbons (Fsp3) is 0.143. The van der Waals surface area contributed by atoms with Crippen molar-refractivity contribution >= 4 is 5.69 Å². The number of benzene rings is 3. The molecule has 0 amide bonds. The number of hydrogen-bond donors (Lipinski definition) is 1. The summed E-state index contributed by atoms with van der Waals surface area (Å²) in [7, 11) is 0. The number of rotatable bonds is 4. The number of nitrogens with two attached hydrogens (primary N) is 1. The van der Waals surface area contributed by atoms with Gasteiger partial charge in [-0.15, -0.1) is 0 Å². The van der Waals surface area contributed by atoms with Gasteiger partial charge in [-0.25, -0.2) is 0 Å². The Balaban J connectivity index is 1.74. The molecule has 0 heterocycles. The summed E-state index contributed by atoms with van der Waals surface area (Å²) < 4.78 is 0. The quantitative estimate of drug-likeness (QED) is 0.688. The highest BCUT2D eigenvalue weighted by Gasteiger charge is 2.00. The molecule has 0 aliphatic heterocycles. The van der Waals surface area contributed by atoms with Crippen LogP contribution in [0, 0.1) is 6.92 Å². The molecular formula is C21H21N. The molecule has 3 aromatic rings. The van der Waals surface area contributed by atoms with Crippen LogP contribution in [0.4, 0.5) is 5.69 Å². The molecule has 0 bridgehead atoms. The first-order chi connectivity index (χ1) is 10.7. The average Bonchev–Trinajstić information content (AvgIpc) is 2.52. The minimum atomic E-state index is 0.817. The van der Waals surface area contributed by atoms with E-state index in [1.165, 1.54) is 27.8 Å². The fourth-order valence-corrected chi connectivity index (χ4v) is 2.66. The van der Waals surface area contributed by atoms with E-state index >= 15 is 0 Å². The summed E-state index contributed by atoms with van der Waals surface area (Å²) in [5.41, 5.74) is 13.2. The summed E-state index contributed by atoms with van der Waals surface area (Å²) >= 11 is 0. The van der Waals surface area contributed by atoms with E-state index in [-0.39, 0.29) is 0 Å². The Kier molecular flexibility index (Phi) is 4.24. The lowest BCUT2D eigenvalue weighted by molar-refractivity contribution is 1.14. The van der Waals surface area contributed by atoms with Crippen molar-refractivity contribution in [1.29, 1.82) is 0 Å². The van der Waals surface area contributed by atoms with Gasteiger partial charge in [0.25, 0.3) is 0 Å². The minimum Gasteiger partial charge on any atom is -0.399 e. The maximum atomic E-state index is 5.74. The van der Waals surface area contributed by atoms with Gasteiger partial charge in [0.1, 0.15) is 0 Å². The zero-order chi connectivity index (χ0) is 15.4. The topological polar surface area (TPSA) is 26.0 Å². The van der Waals surface area contributed by atoms with Crippen molar-refractivity contribution in [2.24, 2.45) is 0 Å². The third-order valence-corrected chi connectivity index (χ3v) is 3.91. The molecule has 22 heavy (non-hydrogen) atoms. The third-order valence-electron chi connectivity index (χ3n) is 3.91. The molecule has 0 spiro atoms. The van der Waals surface area contributed by atoms with Crippen molar-refractivity contribution in [2.75, 3.05) is 5.73 Å².